The van der Waals surface area contributed by atoms with Crippen molar-refractivity contribution >= 4 is 11.8 Å². The third-order valence-electron chi connectivity index (χ3n) is 4.85. The highest BCUT2D eigenvalue weighted by molar-refractivity contribution is 5.77. The number of rotatable bonds is 9. The third-order valence-corrected chi connectivity index (χ3v) is 4.85. The molecule has 0 aliphatic carbocycles. The molecule has 2 amide bonds. The number of methoxy groups -OCH3 is 1. The van der Waals surface area contributed by atoms with Crippen LogP contribution in [0.15, 0.2) is 18.2 Å². The van der Waals surface area contributed by atoms with Crippen LogP contribution >= 0.6 is 0 Å². The summed E-state index contributed by atoms with van der Waals surface area (Å²) >= 11 is 0. The van der Waals surface area contributed by atoms with Crippen LogP contribution in [0.4, 0.5) is 0 Å². The Morgan fingerprint density at radius 2 is 1.89 bits per heavy atom. The quantitative estimate of drug-likeness (QED) is 0.720. The minimum atomic E-state index is 0.0567. The monoisotopic (exact) mass is 376 g/mol. The number of likely N-dealkylation sites (tertiary alicyclic amines) is 1. The Labute approximate surface area is 162 Å². The Morgan fingerprint density at radius 1 is 1.15 bits per heavy atom. The van der Waals surface area contributed by atoms with E-state index in [1.54, 1.807) is 7.11 Å². The van der Waals surface area contributed by atoms with Crippen LogP contribution in [-0.2, 0) is 16.0 Å². The summed E-state index contributed by atoms with van der Waals surface area (Å²) in [4.78, 5) is 26.1. The van der Waals surface area contributed by atoms with Crippen molar-refractivity contribution in [2.45, 2.75) is 58.4 Å². The minimum absolute atomic E-state index is 0.0567. The third kappa shape index (κ3) is 6.45. The molecule has 0 radical (unpaired) electrons. The average Bonchev–Trinajstić information content (AvgIpc) is 2.68. The zero-order valence-electron chi connectivity index (χ0n) is 16.8. The molecule has 1 aromatic carbocycles. The van der Waals surface area contributed by atoms with Crippen LogP contribution in [0.1, 0.15) is 51.5 Å². The van der Waals surface area contributed by atoms with Crippen LogP contribution in [0.2, 0.25) is 0 Å². The zero-order chi connectivity index (χ0) is 19.6. The molecule has 0 bridgehead atoms. The maximum absolute atomic E-state index is 12.3. The maximum atomic E-state index is 12.3. The van der Waals surface area contributed by atoms with Gasteiger partial charge in [-0.1, -0.05) is 13.0 Å². The van der Waals surface area contributed by atoms with Gasteiger partial charge in [0, 0.05) is 32.0 Å². The van der Waals surface area contributed by atoms with Gasteiger partial charge in [-0.3, -0.25) is 9.59 Å². The lowest BCUT2D eigenvalue weighted by Crippen LogP contribution is -2.46. The molecule has 0 unspecified atom stereocenters. The van der Waals surface area contributed by atoms with Crippen molar-refractivity contribution in [2.24, 2.45) is 0 Å². The SMILES string of the molecule is CCCC(=O)N1CCC(NC(=O)CCc2ccc(OCC)c(OC)c2)CC1. The molecule has 150 valence electrons. The molecule has 1 aliphatic rings. The number of carbonyl (C=O) groups is 2. The normalized spacial score (nSPS) is 14.7. The van der Waals surface area contributed by atoms with E-state index in [0.29, 0.717) is 31.6 Å². The molecule has 6 nitrogen and oxygen atoms in total. The van der Waals surface area contributed by atoms with Crippen molar-refractivity contribution in [1.82, 2.24) is 10.2 Å². The Kier molecular flexibility index (Phi) is 8.43. The smallest absolute Gasteiger partial charge is 0.222 e. The summed E-state index contributed by atoms with van der Waals surface area (Å²) in [5, 5.41) is 3.11. The molecule has 1 aromatic rings. The van der Waals surface area contributed by atoms with Crippen molar-refractivity contribution in [2.75, 3.05) is 26.8 Å². The predicted octanol–water partition coefficient (Wildman–Crippen LogP) is 2.93. The van der Waals surface area contributed by atoms with Gasteiger partial charge in [0.2, 0.25) is 11.8 Å². The number of piperidine rings is 1. The number of hydrogen-bond donors (Lipinski definition) is 1. The Balaban J connectivity index is 1.76. The summed E-state index contributed by atoms with van der Waals surface area (Å²) in [6.45, 7) is 6.01. The zero-order valence-corrected chi connectivity index (χ0v) is 16.8. The lowest BCUT2D eigenvalue weighted by Gasteiger charge is -2.32. The Bertz CT molecular complexity index is 625. The highest BCUT2D eigenvalue weighted by Crippen LogP contribution is 2.28. The van der Waals surface area contributed by atoms with Gasteiger partial charge in [0.1, 0.15) is 0 Å². The predicted molar refractivity (Wildman–Crippen MR) is 105 cm³/mol. The number of ether oxygens (including phenoxy) is 2. The summed E-state index contributed by atoms with van der Waals surface area (Å²) in [7, 11) is 1.62. The van der Waals surface area contributed by atoms with Gasteiger partial charge in [0.25, 0.3) is 0 Å². The lowest BCUT2D eigenvalue weighted by atomic mass is 10.0. The topological polar surface area (TPSA) is 67.9 Å². The highest BCUT2D eigenvalue weighted by atomic mass is 16.5. The van der Waals surface area contributed by atoms with E-state index >= 15 is 0 Å². The van der Waals surface area contributed by atoms with Gasteiger partial charge < -0.3 is 19.7 Å². The van der Waals surface area contributed by atoms with Crippen LogP contribution in [0.25, 0.3) is 0 Å². The highest BCUT2D eigenvalue weighted by Gasteiger charge is 2.23. The van der Waals surface area contributed by atoms with Gasteiger partial charge in [0.15, 0.2) is 11.5 Å². The van der Waals surface area contributed by atoms with Gasteiger partial charge in [-0.25, -0.2) is 0 Å². The molecule has 6 heteroatoms. The fourth-order valence-corrected chi connectivity index (χ4v) is 3.35. The van der Waals surface area contributed by atoms with E-state index in [1.165, 1.54) is 0 Å². The molecule has 1 heterocycles. The molecule has 0 spiro atoms. The van der Waals surface area contributed by atoms with Crippen molar-refractivity contribution in [3.05, 3.63) is 23.8 Å². The molecular formula is C21H32N2O4. The first kappa shape index (κ1) is 21.1. The van der Waals surface area contributed by atoms with Crippen LogP contribution in [0.5, 0.6) is 11.5 Å². The summed E-state index contributed by atoms with van der Waals surface area (Å²) in [5.74, 6) is 1.70. The van der Waals surface area contributed by atoms with Crippen LogP contribution in [0.3, 0.4) is 0 Å². The lowest BCUT2D eigenvalue weighted by molar-refractivity contribution is -0.132. The average molecular weight is 376 g/mol. The van der Waals surface area contributed by atoms with Gasteiger partial charge in [-0.15, -0.1) is 0 Å². The fraction of sp³-hybridized carbons (Fsp3) is 0.619. The standard InChI is InChI=1S/C21H32N2O4/c1-4-6-21(25)23-13-11-17(12-14-23)22-20(24)10-8-16-7-9-18(27-5-2)19(15-16)26-3/h7,9,15,17H,4-6,8,10-14H2,1-3H3,(H,22,24). The van der Waals surface area contributed by atoms with E-state index < -0.39 is 0 Å². The Morgan fingerprint density at radius 3 is 2.52 bits per heavy atom. The van der Waals surface area contributed by atoms with E-state index in [0.717, 1.165) is 43.7 Å². The second-order valence-corrected chi connectivity index (χ2v) is 6.89. The number of nitrogens with zero attached hydrogens (tertiary/aromatic N) is 1. The van der Waals surface area contributed by atoms with Crippen molar-refractivity contribution in [3.8, 4) is 11.5 Å². The molecular weight excluding hydrogens is 344 g/mol. The van der Waals surface area contributed by atoms with Crippen LogP contribution in [0, 0.1) is 0 Å². The van der Waals surface area contributed by atoms with Gasteiger partial charge >= 0.3 is 0 Å². The first-order valence-electron chi connectivity index (χ1n) is 9.94. The second kappa shape index (κ2) is 10.8. The van der Waals surface area contributed by atoms with E-state index in [-0.39, 0.29) is 17.9 Å². The molecule has 0 aromatic heterocycles. The molecule has 1 N–H and O–H groups in total. The number of benzene rings is 1. The van der Waals surface area contributed by atoms with E-state index in [4.69, 9.17) is 9.47 Å². The van der Waals surface area contributed by atoms with Gasteiger partial charge in [-0.05, 0) is 50.3 Å². The Hall–Kier alpha value is -2.24. The summed E-state index contributed by atoms with van der Waals surface area (Å²) in [6, 6.07) is 5.95. The van der Waals surface area contributed by atoms with E-state index in [9.17, 15) is 9.59 Å². The van der Waals surface area contributed by atoms with Crippen LogP contribution in [-0.4, -0.2) is 49.6 Å². The number of hydrogen-bond acceptors (Lipinski definition) is 4. The number of nitrogens with one attached hydrogen (secondary N) is 1. The molecule has 0 atom stereocenters. The van der Waals surface area contributed by atoms with Crippen LogP contribution < -0.4 is 14.8 Å². The summed E-state index contributed by atoms with van der Waals surface area (Å²) < 4.78 is 10.9. The van der Waals surface area contributed by atoms with Gasteiger partial charge in [-0.2, -0.15) is 0 Å². The molecule has 0 saturated carbocycles. The molecule has 1 saturated heterocycles. The molecule has 2 rings (SSSR count). The number of amides is 2. The molecule has 27 heavy (non-hydrogen) atoms. The first-order valence-corrected chi connectivity index (χ1v) is 9.94. The number of carbonyl (C=O) groups excluding carboxylic acids is 2. The second-order valence-electron chi connectivity index (χ2n) is 6.89. The summed E-state index contributed by atoms with van der Waals surface area (Å²) in [5.41, 5.74) is 1.05. The minimum Gasteiger partial charge on any atom is -0.493 e. The van der Waals surface area contributed by atoms with Crippen molar-refractivity contribution in [1.29, 1.82) is 0 Å². The van der Waals surface area contributed by atoms with E-state index in [2.05, 4.69) is 5.32 Å². The van der Waals surface area contributed by atoms with Crippen molar-refractivity contribution in [3.63, 3.8) is 0 Å². The first-order chi connectivity index (χ1) is 13.1. The number of aryl methyl sites for hydroxylation is 1. The van der Waals surface area contributed by atoms with Gasteiger partial charge in [0.05, 0.1) is 13.7 Å². The largest absolute Gasteiger partial charge is 0.493 e. The maximum Gasteiger partial charge on any atom is 0.222 e. The van der Waals surface area contributed by atoms with Crippen molar-refractivity contribution < 1.29 is 19.1 Å². The molecule has 1 aliphatic heterocycles. The molecule has 1 fully saturated rings. The summed E-state index contributed by atoms with van der Waals surface area (Å²) in [6.07, 6.45) is 4.25. The van der Waals surface area contributed by atoms with E-state index in [1.807, 2.05) is 36.9 Å². The fourth-order valence-electron chi connectivity index (χ4n) is 3.35.